The Balaban J connectivity index is 2.21. The largest absolute Gasteiger partial charge is 0.339 e. The minimum absolute atomic E-state index is 0.274. The molecule has 0 fully saturated rings. The summed E-state index contributed by atoms with van der Waals surface area (Å²) < 4.78 is 18.4. The first kappa shape index (κ1) is 11.7. The van der Waals surface area contributed by atoms with Crippen molar-refractivity contribution in [2.75, 3.05) is 0 Å². The molecule has 1 aromatic heterocycles. The van der Waals surface area contributed by atoms with Crippen molar-refractivity contribution in [2.45, 2.75) is 25.8 Å². The lowest BCUT2D eigenvalue weighted by molar-refractivity contribution is 0.364. The lowest BCUT2D eigenvalue weighted by atomic mass is 10.1. The second kappa shape index (κ2) is 4.25. The molecule has 0 unspecified atom stereocenters. The average molecular weight is 235 g/mol. The Morgan fingerprint density at radius 2 is 2.06 bits per heavy atom. The van der Waals surface area contributed by atoms with Gasteiger partial charge in [0.2, 0.25) is 5.89 Å². The lowest BCUT2D eigenvalue weighted by Crippen LogP contribution is -2.30. The predicted octanol–water partition coefficient (Wildman–Crippen LogP) is 1.99. The number of halogens is 1. The SMILES string of the molecule is CC(C)(N)c1noc(Cc2ccccc2F)n1. The van der Waals surface area contributed by atoms with Gasteiger partial charge in [0.1, 0.15) is 5.82 Å². The molecule has 1 aromatic carbocycles. The highest BCUT2D eigenvalue weighted by atomic mass is 19.1. The normalized spacial score (nSPS) is 11.8. The summed E-state index contributed by atoms with van der Waals surface area (Å²) in [6, 6.07) is 6.50. The summed E-state index contributed by atoms with van der Waals surface area (Å²) in [5.41, 5.74) is 5.70. The fourth-order valence-electron chi connectivity index (χ4n) is 1.39. The van der Waals surface area contributed by atoms with Crippen LogP contribution < -0.4 is 5.73 Å². The highest BCUT2D eigenvalue weighted by molar-refractivity contribution is 5.20. The van der Waals surface area contributed by atoms with E-state index in [1.165, 1.54) is 6.07 Å². The molecule has 0 amide bonds. The molecule has 17 heavy (non-hydrogen) atoms. The van der Waals surface area contributed by atoms with E-state index in [4.69, 9.17) is 10.3 Å². The van der Waals surface area contributed by atoms with Gasteiger partial charge >= 0.3 is 0 Å². The fourth-order valence-corrected chi connectivity index (χ4v) is 1.39. The molecule has 1 heterocycles. The Kier molecular flexibility index (Phi) is 2.93. The second-order valence-corrected chi connectivity index (χ2v) is 4.50. The summed E-state index contributed by atoms with van der Waals surface area (Å²) in [7, 11) is 0. The zero-order valence-electron chi connectivity index (χ0n) is 9.77. The van der Waals surface area contributed by atoms with Crippen molar-refractivity contribution in [3.63, 3.8) is 0 Å². The first-order valence-corrected chi connectivity index (χ1v) is 5.32. The first-order chi connectivity index (χ1) is 7.97. The molecule has 0 aliphatic heterocycles. The Bertz CT molecular complexity index is 516. The molecular formula is C12H14FN3O. The van der Waals surface area contributed by atoms with E-state index in [1.807, 2.05) is 0 Å². The maximum Gasteiger partial charge on any atom is 0.231 e. The van der Waals surface area contributed by atoms with Crippen LogP contribution >= 0.6 is 0 Å². The van der Waals surface area contributed by atoms with E-state index in [-0.39, 0.29) is 12.2 Å². The summed E-state index contributed by atoms with van der Waals surface area (Å²) in [6.07, 6.45) is 0.274. The van der Waals surface area contributed by atoms with Crippen LogP contribution in [0, 0.1) is 5.82 Å². The Morgan fingerprint density at radius 1 is 1.35 bits per heavy atom. The van der Waals surface area contributed by atoms with Gasteiger partial charge < -0.3 is 10.3 Å². The summed E-state index contributed by atoms with van der Waals surface area (Å²) in [4.78, 5) is 4.15. The molecule has 0 saturated carbocycles. The van der Waals surface area contributed by atoms with Crippen LogP contribution in [0.15, 0.2) is 28.8 Å². The molecule has 4 nitrogen and oxygen atoms in total. The number of nitrogens with zero attached hydrogens (tertiary/aromatic N) is 2. The molecule has 2 N–H and O–H groups in total. The average Bonchev–Trinajstić information content (AvgIpc) is 2.69. The van der Waals surface area contributed by atoms with E-state index in [0.29, 0.717) is 17.3 Å². The zero-order valence-corrected chi connectivity index (χ0v) is 9.77. The minimum atomic E-state index is -0.656. The number of benzene rings is 1. The van der Waals surface area contributed by atoms with Gasteiger partial charge in [-0.25, -0.2) is 4.39 Å². The number of rotatable bonds is 3. The monoisotopic (exact) mass is 235 g/mol. The van der Waals surface area contributed by atoms with Gasteiger partial charge in [-0.3, -0.25) is 0 Å². The van der Waals surface area contributed by atoms with E-state index in [9.17, 15) is 4.39 Å². The number of hydrogen-bond donors (Lipinski definition) is 1. The zero-order chi connectivity index (χ0) is 12.5. The molecule has 0 radical (unpaired) electrons. The molecule has 0 aliphatic carbocycles. The van der Waals surface area contributed by atoms with Crippen molar-refractivity contribution < 1.29 is 8.91 Å². The quantitative estimate of drug-likeness (QED) is 0.883. The van der Waals surface area contributed by atoms with Gasteiger partial charge in [-0.2, -0.15) is 4.98 Å². The van der Waals surface area contributed by atoms with Crippen LogP contribution in [-0.2, 0) is 12.0 Å². The third-order valence-electron chi connectivity index (χ3n) is 2.34. The van der Waals surface area contributed by atoms with Gasteiger partial charge in [0.25, 0.3) is 0 Å². The van der Waals surface area contributed by atoms with Crippen molar-refractivity contribution in [1.29, 1.82) is 0 Å². The highest BCUT2D eigenvalue weighted by Gasteiger charge is 2.21. The van der Waals surface area contributed by atoms with Crippen molar-refractivity contribution in [2.24, 2.45) is 5.73 Å². The van der Waals surface area contributed by atoms with Crippen LogP contribution in [0.1, 0.15) is 31.1 Å². The Morgan fingerprint density at radius 3 is 2.65 bits per heavy atom. The second-order valence-electron chi connectivity index (χ2n) is 4.50. The number of nitrogens with two attached hydrogens (primary N) is 1. The Hall–Kier alpha value is -1.75. The number of aromatic nitrogens is 2. The topological polar surface area (TPSA) is 64.9 Å². The van der Waals surface area contributed by atoms with E-state index >= 15 is 0 Å². The summed E-state index contributed by atoms with van der Waals surface area (Å²) >= 11 is 0. The molecule has 5 heteroatoms. The van der Waals surface area contributed by atoms with Crippen molar-refractivity contribution in [3.05, 3.63) is 47.4 Å². The molecule has 90 valence electrons. The van der Waals surface area contributed by atoms with Crippen LogP contribution in [0.5, 0.6) is 0 Å². The highest BCUT2D eigenvalue weighted by Crippen LogP contribution is 2.16. The van der Waals surface area contributed by atoms with Crippen LogP contribution in [-0.4, -0.2) is 10.1 Å². The smallest absolute Gasteiger partial charge is 0.231 e. The lowest BCUT2D eigenvalue weighted by Gasteiger charge is -2.11. The maximum absolute atomic E-state index is 13.4. The van der Waals surface area contributed by atoms with E-state index in [1.54, 1.807) is 32.0 Å². The van der Waals surface area contributed by atoms with E-state index < -0.39 is 5.54 Å². The van der Waals surface area contributed by atoms with Gasteiger partial charge in [0.05, 0.1) is 12.0 Å². The van der Waals surface area contributed by atoms with Gasteiger partial charge in [-0.1, -0.05) is 23.4 Å². The van der Waals surface area contributed by atoms with Gasteiger partial charge in [0.15, 0.2) is 5.82 Å². The van der Waals surface area contributed by atoms with E-state index in [2.05, 4.69) is 10.1 Å². The van der Waals surface area contributed by atoms with Crippen LogP contribution in [0.2, 0.25) is 0 Å². The molecular weight excluding hydrogens is 221 g/mol. The Labute approximate surface area is 98.6 Å². The van der Waals surface area contributed by atoms with Crippen LogP contribution in [0.4, 0.5) is 4.39 Å². The maximum atomic E-state index is 13.4. The summed E-state index contributed by atoms with van der Waals surface area (Å²) in [5.74, 6) is 0.506. The first-order valence-electron chi connectivity index (χ1n) is 5.32. The third kappa shape index (κ3) is 2.68. The summed E-state index contributed by atoms with van der Waals surface area (Å²) in [6.45, 7) is 3.56. The van der Waals surface area contributed by atoms with Crippen molar-refractivity contribution in [1.82, 2.24) is 10.1 Å². The van der Waals surface area contributed by atoms with Gasteiger partial charge in [-0.05, 0) is 25.5 Å². The van der Waals surface area contributed by atoms with Crippen LogP contribution in [0.25, 0.3) is 0 Å². The van der Waals surface area contributed by atoms with Crippen molar-refractivity contribution >= 4 is 0 Å². The fraction of sp³-hybridized carbons (Fsp3) is 0.333. The molecule has 2 aromatic rings. The number of hydrogen-bond acceptors (Lipinski definition) is 4. The predicted molar refractivity (Wildman–Crippen MR) is 60.7 cm³/mol. The van der Waals surface area contributed by atoms with Gasteiger partial charge in [0, 0.05) is 0 Å². The minimum Gasteiger partial charge on any atom is -0.339 e. The molecule has 0 aliphatic rings. The van der Waals surface area contributed by atoms with Crippen molar-refractivity contribution in [3.8, 4) is 0 Å². The molecule has 0 atom stereocenters. The molecule has 0 bridgehead atoms. The molecule has 0 spiro atoms. The standard InChI is InChI=1S/C12H14FN3O/c1-12(2,14)11-15-10(17-16-11)7-8-5-3-4-6-9(8)13/h3-6H,7,14H2,1-2H3. The van der Waals surface area contributed by atoms with Crippen LogP contribution in [0.3, 0.4) is 0 Å². The summed E-state index contributed by atoms with van der Waals surface area (Å²) in [5, 5.41) is 3.78. The van der Waals surface area contributed by atoms with E-state index in [0.717, 1.165) is 0 Å². The molecule has 2 rings (SSSR count). The van der Waals surface area contributed by atoms with Gasteiger partial charge in [-0.15, -0.1) is 0 Å². The molecule has 0 saturated heterocycles. The third-order valence-corrected chi connectivity index (χ3v) is 2.34.